The molecule has 1 fully saturated rings. The molecule has 0 bridgehead atoms. The summed E-state index contributed by atoms with van der Waals surface area (Å²) >= 11 is 0. The summed E-state index contributed by atoms with van der Waals surface area (Å²) in [5.74, 6) is 2.17. The molecule has 17 heteroatoms. The zero-order valence-electron chi connectivity index (χ0n) is 37.2. The molecular formula is C47H57N7O10. The molecule has 0 saturated carbocycles. The maximum atomic E-state index is 13.8. The van der Waals surface area contributed by atoms with Gasteiger partial charge in [0.05, 0.1) is 64.7 Å². The Morgan fingerprint density at radius 1 is 0.828 bits per heavy atom. The van der Waals surface area contributed by atoms with Gasteiger partial charge in [-0.25, -0.2) is 9.78 Å². The van der Waals surface area contributed by atoms with Gasteiger partial charge in [-0.05, 0) is 35.2 Å². The maximum absolute atomic E-state index is 13.8. The van der Waals surface area contributed by atoms with Crippen molar-refractivity contribution in [2.45, 2.75) is 26.2 Å². The summed E-state index contributed by atoms with van der Waals surface area (Å²) in [4.78, 5) is 38.6. The smallest absolute Gasteiger partial charge is 0.323 e. The van der Waals surface area contributed by atoms with Crippen LogP contribution in [0.1, 0.15) is 36.7 Å². The number of hydrogen-bond acceptors (Lipinski definition) is 14. The molecule has 1 aliphatic rings. The van der Waals surface area contributed by atoms with Crippen LogP contribution in [0.3, 0.4) is 0 Å². The van der Waals surface area contributed by atoms with Crippen LogP contribution >= 0.6 is 0 Å². The van der Waals surface area contributed by atoms with Crippen LogP contribution in [0, 0.1) is 0 Å². The van der Waals surface area contributed by atoms with Crippen LogP contribution in [0.2, 0.25) is 0 Å². The number of anilines is 4. The first-order valence-corrected chi connectivity index (χ1v) is 20.9. The molecule has 64 heavy (non-hydrogen) atoms. The molecule has 1 saturated heterocycles. The normalized spacial score (nSPS) is 13.0. The third-order valence-electron chi connectivity index (χ3n) is 9.95. The molecule has 0 spiro atoms. The Bertz CT molecular complexity index is 2370. The number of nitrogens with one attached hydrogen (secondary N) is 4. The monoisotopic (exact) mass is 879 g/mol. The molecule has 17 nitrogen and oxygen atoms in total. The van der Waals surface area contributed by atoms with Gasteiger partial charge in [-0.2, -0.15) is 4.98 Å². The average molecular weight is 880 g/mol. The number of benzene rings is 4. The van der Waals surface area contributed by atoms with Crippen molar-refractivity contribution in [1.29, 1.82) is 0 Å². The van der Waals surface area contributed by atoms with Crippen LogP contribution in [-0.4, -0.2) is 114 Å². The molecule has 3 amide bonds. The van der Waals surface area contributed by atoms with E-state index in [2.05, 4.69) is 36.1 Å². The molecule has 4 aromatic carbocycles. The highest BCUT2D eigenvalue weighted by atomic mass is 16.5. The standard InChI is InChI=1S/C47H57N7O10/c1-47(2,3)32-27-38(44(55)48-15-16-54-17-19-60-20-18-54)43(59-6)40(28-32)52-46(56)51-39-11-12-41(37-10-8-7-9-36(37)39)64-42-13-14-49-45(53-42)50-33-29-34(58-5)31-35(30-33)63-26-25-62-24-23-61-22-21-57-4/h7-14,21-22,27-31H,15-20,23-26H2,1-6H3,(H,48,55)(H,49,50,53)(H2,51,52,56). The summed E-state index contributed by atoms with van der Waals surface area (Å²) in [5.41, 5.74) is 2.37. The Balaban J connectivity index is 1.12. The van der Waals surface area contributed by atoms with Crippen molar-refractivity contribution in [1.82, 2.24) is 20.2 Å². The first-order chi connectivity index (χ1) is 31.0. The van der Waals surface area contributed by atoms with Gasteiger partial charge in [-0.1, -0.05) is 45.0 Å². The summed E-state index contributed by atoms with van der Waals surface area (Å²) in [6.45, 7) is 11.7. The lowest BCUT2D eigenvalue weighted by atomic mass is 9.85. The predicted molar refractivity (Wildman–Crippen MR) is 245 cm³/mol. The Morgan fingerprint density at radius 2 is 1.59 bits per heavy atom. The zero-order valence-corrected chi connectivity index (χ0v) is 37.2. The molecule has 0 aliphatic carbocycles. The van der Waals surface area contributed by atoms with Gasteiger partial charge in [0.15, 0.2) is 5.75 Å². The molecule has 2 heterocycles. The largest absolute Gasteiger partial charge is 0.501 e. The molecular weight excluding hydrogens is 823 g/mol. The molecule has 340 valence electrons. The summed E-state index contributed by atoms with van der Waals surface area (Å²) in [7, 11) is 4.60. The van der Waals surface area contributed by atoms with Crippen LogP contribution in [0.5, 0.6) is 28.9 Å². The van der Waals surface area contributed by atoms with E-state index in [1.54, 1.807) is 56.8 Å². The minimum atomic E-state index is -0.523. The second kappa shape index (κ2) is 23.0. The fourth-order valence-corrected chi connectivity index (χ4v) is 6.67. The van der Waals surface area contributed by atoms with Crippen LogP contribution in [0.25, 0.3) is 10.8 Å². The summed E-state index contributed by atoms with van der Waals surface area (Å²) in [6, 6.07) is 21.2. The Hall–Kier alpha value is -6.82. The predicted octanol–water partition coefficient (Wildman–Crippen LogP) is 7.72. The van der Waals surface area contributed by atoms with E-state index in [1.165, 1.54) is 19.6 Å². The minimum Gasteiger partial charge on any atom is -0.501 e. The number of urea groups is 1. The van der Waals surface area contributed by atoms with E-state index in [9.17, 15) is 9.59 Å². The number of fused-ring (bicyclic) bond motifs is 1. The van der Waals surface area contributed by atoms with E-state index in [1.807, 2.05) is 57.2 Å². The maximum Gasteiger partial charge on any atom is 0.323 e. The number of carbonyl (C=O) groups excluding carboxylic acids is 2. The number of amides is 3. The lowest BCUT2D eigenvalue weighted by molar-refractivity contribution is 0.0383. The lowest BCUT2D eigenvalue weighted by Gasteiger charge is -2.26. The summed E-state index contributed by atoms with van der Waals surface area (Å²) < 4.78 is 44.5. The van der Waals surface area contributed by atoms with Gasteiger partial charge in [0.25, 0.3) is 5.91 Å². The van der Waals surface area contributed by atoms with E-state index >= 15 is 0 Å². The van der Waals surface area contributed by atoms with Crippen LogP contribution in [0.15, 0.2) is 91.5 Å². The highest BCUT2D eigenvalue weighted by Crippen LogP contribution is 2.37. The molecule has 5 aromatic rings. The molecule has 1 aromatic heterocycles. The quantitative estimate of drug-likeness (QED) is 0.0415. The lowest BCUT2D eigenvalue weighted by Crippen LogP contribution is -2.41. The molecule has 0 unspecified atom stereocenters. The second-order valence-electron chi connectivity index (χ2n) is 15.5. The first-order valence-electron chi connectivity index (χ1n) is 20.9. The summed E-state index contributed by atoms with van der Waals surface area (Å²) in [5, 5.41) is 13.6. The average Bonchev–Trinajstić information content (AvgIpc) is 3.29. The first kappa shape index (κ1) is 46.7. The Morgan fingerprint density at radius 3 is 2.36 bits per heavy atom. The van der Waals surface area contributed by atoms with Crippen molar-refractivity contribution >= 4 is 45.7 Å². The Labute approximate surface area is 373 Å². The molecule has 0 radical (unpaired) electrons. The number of rotatable bonds is 21. The topological polar surface area (TPSA) is 185 Å². The van der Waals surface area contributed by atoms with E-state index < -0.39 is 6.03 Å². The van der Waals surface area contributed by atoms with E-state index in [4.69, 9.17) is 37.9 Å². The highest BCUT2D eigenvalue weighted by Gasteiger charge is 2.24. The van der Waals surface area contributed by atoms with E-state index in [0.29, 0.717) is 92.6 Å². The Kier molecular flexibility index (Phi) is 16.8. The number of morpholine rings is 1. The molecule has 4 N–H and O–H groups in total. The van der Waals surface area contributed by atoms with E-state index in [-0.39, 0.29) is 28.9 Å². The van der Waals surface area contributed by atoms with Crippen LogP contribution in [0.4, 0.5) is 27.8 Å². The number of aromatic nitrogens is 2. The van der Waals surface area contributed by atoms with Gasteiger partial charge < -0.3 is 59.2 Å². The highest BCUT2D eigenvalue weighted by molar-refractivity contribution is 6.09. The van der Waals surface area contributed by atoms with Crippen molar-refractivity contribution in [2.24, 2.45) is 0 Å². The molecule has 6 rings (SSSR count). The number of ether oxygens (including phenoxy) is 8. The third-order valence-corrected chi connectivity index (χ3v) is 9.95. The van der Waals surface area contributed by atoms with Gasteiger partial charge >= 0.3 is 6.03 Å². The van der Waals surface area contributed by atoms with E-state index in [0.717, 1.165) is 29.4 Å². The fraction of sp³-hybridized carbons (Fsp3) is 0.362. The zero-order chi connectivity index (χ0) is 45.3. The van der Waals surface area contributed by atoms with Crippen molar-refractivity contribution in [2.75, 3.05) is 103 Å². The number of methoxy groups -OCH3 is 3. The van der Waals surface area contributed by atoms with Crippen molar-refractivity contribution in [3.05, 3.63) is 103 Å². The minimum absolute atomic E-state index is 0.260. The number of nitrogens with zero attached hydrogens (tertiary/aromatic N) is 3. The van der Waals surface area contributed by atoms with Crippen LogP contribution in [-0.2, 0) is 24.4 Å². The van der Waals surface area contributed by atoms with Crippen molar-refractivity contribution in [3.63, 3.8) is 0 Å². The number of carbonyl (C=O) groups is 2. The van der Waals surface area contributed by atoms with Gasteiger partial charge in [0, 0.05) is 73.1 Å². The van der Waals surface area contributed by atoms with Crippen molar-refractivity contribution in [3.8, 4) is 28.9 Å². The fourth-order valence-electron chi connectivity index (χ4n) is 6.67. The second-order valence-corrected chi connectivity index (χ2v) is 15.5. The van der Waals surface area contributed by atoms with Crippen molar-refractivity contribution < 1.29 is 47.5 Å². The summed E-state index contributed by atoms with van der Waals surface area (Å²) in [6.07, 6.45) is 4.48. The van der Waals surface area contributed by atoms with Crippen LogP contribution < -0.4 is 40.2 Å². The van der Waals surface area contributed by atoms with Gasteiger partial charge in [-0.3, -0.25) is 9.69 Å². The molecule has 0 atom stereocenters. The SMILES string of the molecule is COC=COCCOCCOc1cc(Nc2nccc(Oc3ccc(NC(=O)Nc4cc(C(C)(C)C)cc(C(=O)NCCN5CCOCC5)c4OC)c4ccccc34)n2)cc(OC)c1. The van der Waals surface area contributed by atoms with Gasteiger partial charge in [0.1, 0.15) is 43.0 Å². The molecule has 1 aliphatic heterocycles. The van der Waals surface area contributed by atoms with Gasteiger partial charge in [0.2, 0.25) is 11.8 Å². The third kappa shape index (κ3) is 13.3. The van der Waals surface area contributed by atoms with Gasteiger partial charge in [-0.15, -0.1) is 0 Å². The number of hydrogen-bond donors (Lipinski definition) is 4.